The zero-order valence-electron chi connectivity index (χ0n) is 9.89. The Morgan fingerprint density at radius 2 is 2.38 bits per heavy atom. The second kappa shape index (κ2) is 5.63. The Morgan fingerprint density at radius 3 is 3.06 bits per heavy atom. The van der Waals surface area contributed by atoms with Crippen molar-refractivity contribution in [3.05, 3.63) is 0 Å². The molecule has 2 unspecified atom stereocenters. The van der Waals surface area contributed by atoms with E-state index >= 15 is 0 Å². The zero-order chi connectivity index (χ0) is 11.4. The predicted molar refractivity (Wildman–Crippen MR) is 64.3 cm³/mol. The largest absolute Gasteiger partial charge is 0.317 e. The molecule has 1 aromatic rings. The Balaban J connectivity index is 1.74. The Morgan fingerprint density at radius 1 is 1.50 bits per heavy atom. The normalized spacial score (nSPS) is 25.1. The minimum absolute atomic E-state index is 0.721. The highest BCUT2D eigenvalue weighted by atomic mass is 32.2. The summed E-state index contributed by atoms with van der Waals surface area (Å²) < 4.78 is 1.73. The molecule has 0 saturated heterocycles. The summed E-state index contributed by atoms with van der Waals surface area (Å²) in [4.78, 5) is 0. The lowest BCUT2D eigenvalue weighted by Gasteiger charge is -2.18. The molecule has 0 radical (unpaired) electrons. The molecule has 1 aliphatic rings. The van der Waals surface area contributed by atoms with Gasteiger partial charge in [0.15, 0.2) is 0 Å². The van der Waals surface area contributed by atoms with Crippen LogP contribution in [0.15, 0.2) is 5.16 Å². The van der Waals surface area contributed by atoms with Gasteiger partial charge in [-0.25, -0.2) is 4.68 Å². The van der Waals surface area contributed by atoms with Gasteiger partial charge in [-0.3, -0.25) is 0 Å². The van der Waals surface area contributed by atoms with E-state index in [9.17, 15) is 0 Å². The van der Waals surface area contributed by atoms with Crippen molar-refractivity contribution in [3.63, 3.8) is 0 Å². The van der Waals surface area contributed by atoms with E-state index in [0.29, 0.717) is 0 Å². The van der Waals surface area contributed by atoms with Crippen molar-refractivity contribution in [2.24, 2.45) is 13.0 Å². The number of aromatic nitrogens is 4. The Kier molecular flexibility index (Phi) is 4.17. The number of aryl methyl sites for hydroxylation is 1. The van der Waals surface area contributed by atoms with Crippen LogP contribution in [0.3, 0.4) is 0 Å². The topological polar surface area (TPSA) is 55.6 Å². The van der Waals surface area contributed by atoms with Crippen LogP contribution in [0.2, 0.25) is 0 Å². The Hall–Kier alpha value is -0.620. The molecule has 1 N–H and O–H groups in total. The summed E-state index contributed by atoms with van der Waals surface area (Å²) in [7, 11) is 3.96. The first kappa shape index (κ1) is 11.9. The Bertz CT molecular complexity index is 327. The highest BCUT2D eigenvalue weighted by Gasteiger charge is 2.25. The molecule has 0 aliphatic heterocycles. The summed E-state index contributed by atoms with van der Waals surface area (Å²) in [5, 5.41) is 15.8. The van der Waals surface area contributed by atoms with Gasteiger partial charge >= 0.3 is 0 Å². The third-order valence-corrected chi connectivity index (χ3v) is 4.37. The van der Waals surface area contributed by atoms with Crippen molar-refractivity contribution in [1.82, 2.24) is 25.5 Å². The molecular weight excluding hydrogens is 222 g/mol. The van der Waals surface area contributed by atoms with Crippen LogP contribution in [0.5, 0.6) is 0 Å². The molecule has 0 aromatic carbocycles. The van der Waals surface area contributed by atoms with Crippen molar-refractivity contribution in [3.8, 4) is 0 Å². The second-order valence-electron chi connectivity index (χ2n) is 4.31. The average Bonchev–Trinajstić information content (AvgIpc) is 2.88. The maximum Gasteiger partial charge on any atom is 0.209 e. The molecule has 2 rings (SSSR count). The maximum absolute atomic E-state index is 3.97. The molecule has 0 amide bonds. The van der Waals surface area contributed by atoms with Gasteiger partial charge in [-0.1, -0.05) is 18.2 Å². The van der Waals surface area contributed by atoms with Crippen molar-refractivity contribution in [1.29, 1.82) is 0 Å². The molecule has 6 heteroatoms. The Labute approximate surface area is 100 Å². The number of hydrogen-bond acceptors (Lipinski definition) is 5. The van der Waals surface area contributed by atoms with Crippen LogP contribution in [0.1, 0.15) is 25.7 Å². The quantitative estimate of drug-likeness (QED) is 0.782. The van der Waals surface area contributed by atoms with Gasteiger partial charge in [0.2, 0.25) is 5.16 Å². The van der Waals surface area contributed by atoms with Gasteiger partial charge in [-0.15, -0.1) is 5.10 Å². The molecule has 1 aromatic heterocycles. The van der Waals surface area contributed by atoms with E-state index in [0.717, 1.165) is 22.9 Å². The molecule has 90 valence electrons. The third kappa shape index (κ3) is 2.74. The zero-order valence-corrected chi connectivity index (χ0v) is 10.7. The van der Waals surface area contributed by atoms with Crippen molar-refractivity contribution in [2.45, 2.75) is 36.9 Å². The van der Waals surface area contributed by atoms with Crippen LogP contribution in [0.4, 0.5) is 0 Å². The van der Waals surface area contributed by atoms with Crippen LogP contribution in [0.25, 0.3) is 0 Å². The minimum Gasteiger partial charge on any atom is -0.317 e. The van der Waals surface area contributed by atoms with E-state index in [4.69, 9.17) is 0 Å². The maximum atomic E-state index is 3.97. The molecule has 1 saturated carbocycles. The molecule has 16 heavy (non-hydrogen) atoms. The second-order valence-corrected chi connectivity index (χ2v) is 5.37. The summed E-state index contributed by atoms with van der Waals surface area (Å²) in [6.07, 6.45) is 5.32. The average molecular weight is 241 g/mol. The first-order chi connectivity index (χ1) is 7.81. The van der Waals surface area contributed by atoms with E-state index < -0.39 is 0 Å². The van der Waals surface area contributed by atoms with Crippen LogP contribution >= 0.6 is 11.8 Å². The summed E-state index contributed by atoms with van der Waals surface area (Å²) >= 11 is 1.75. The molecule has 1 aliphatic carbocycles. The molecule has 5 nitrogen and oxygen atoms in total. The van der Waals surface area contributed by atoms with Crippen LogP contribution < -0.4 is 5.32 Å². The third-order valence-electron chi connectivity index (χ3n) is 3.33. The van der Waals surface area contributed by atoms with Crippen LogP contribution in [0, 0.1) is 5.92 Å². The number of rotatable bonds is 5. The monoisotopic (exact) mass is 241 g/mol. The molecule has 2 atom stereocenters. The predicted octanol–water partition coefficient (Wildman–Crippen LogP) is 1.08. The van der Waals surface area contributed by atoms with E-state index in [2.05, 4.69) is 27.9 Å². The number of nitrogens with zero attached hydrogens (tertiary/aromatic N) is 4. The number of thioether (sulfide) groups is 1. The van der Waals surface area contributed by atoms with Crippen LogP contribution in [-0.2, 0) is 7.05 Å². The highest BCUT2D eigenvalue weighted by molar-refractivity contribution is 7.99. The van der Waals surface area contributed by atoms with Crippen LogP contribution in [-0.4, -0.2) is 39.0 Å². The first-order valence-electron chi connectivity index (χ1n) is 5.83. The lowest BCUT2D eigenvalue weighted by molar-refractivity contribution is 0.417. The minimum atomic E-state index is 0.721. The fraction of sp³-hybridized carbons (Fsp3) is 0.900. The van der Waals surface area contributed by atoms with E-state index in [-0.39, 0.29) is 0 Å². The molecular formula is C10H19N5S. The van der Waals surface area contributed by atoms with Crippen molar-refractivity contribution >= 4 is 11.8 Å². The summed E-state index contributed by atoms with van der Waals surface area (Å²) in [6, 6.07) is 0.721. The molecule has 0 bridgehead atoms. The van der Waals surface area contributed by atoms with Gasteiger partial charge in [-0.05, 0) is 42.7 Å². The SMILES string of the molecule is CNC1CCCC1CCSc1nnnn1C. The lowest BCUT2D eigenvalue weighted by Crippen LogP contribution is -2.29. The van der Waals surface area contributed by atoms with Gasteiger partial charge < -0.3 is 5.32 Å². The first-order valence-corrected chi connectivity index (χ1v) is 6.82. The highest BCUT2D eigenvalue weighted by Crippen LogP contribution is 2.30. The number of hydrogen-bond donors (Lipinski definition) is 1. The smallest absolute Gasteiger partial charge is 0.209 e. The fourth-order valence-electron chi connectivity index (χ4n) is 2.41. The van der Waals surface area contributed by atoms with Gasteiger partial charge in [0.05, 0.1) is 0 Å². The molecule has 0 spiro atoms. The van der Waals surface area contributed by atoms with Gasteiger partial charge in [0.25, 0.3) is 0 Å². The number of nitrogens with one attached hydrogen (secondary N) is 1. The van der Waals surface area contributed by atoms with Crippen molar-refractivity contribution in [2.75, 3.05) is 12.8 Å². The standard InChI is InChI=1S/C10H19N5S/c1-11-9-5-3-4-8(9)6-7-16-10-12-13-14-15(10)2/h8-9,11H,3-7H2,1-2H3. The fourth-order valence-corrected chi connectivity index (χ4v) is 3.33. The summed E-state index contributed by atoms with van der Waals surface area (Å²) in [5.74, 6) is 1.94. The van der Waals surface area contributed by atoms with E-state index in [1.54, 1.807) is 16.4 Å². The molecule has 1 heterocycles. The van der Waals surface area contributed by atoms with E-state index in [1.807, 2.05) is 7.05 Å². The van der Waals surface area contributed by atoms with Gasteiger partial charge in [-0.2, -0.15) is 0 Å². The summed E-state index contributed by atoms with van der Waals surface area (Å²) in [5.41, 5.74) is 0. The van der Waals surface area contributed by atoms with Crippen molar-refractivity contribution < 1.29 is 0 Å². The van der Waals surface area contributed by atoms with Gasteiger partial charge in [0.1, 0.15) is 0 Å². The molecule has 1 fully saturated rings. The van der Waals surface area contributed by atoms with E-state index in [1.165, 1.54) is 25.7 Å². The van der Waals surface area contributed by atoms with Gasteiger partial charge in [0, 0.05) is 18.8 Å². The lowest BCUT2D eigenvalue weighted by atomic mass is 10.0. The number of tetrazole rings is 1. The summed E-state index contributed by atoms with van der Waals surface area (Å²) in [6.45, 7) is 0.